The number of nitrogens with one attached hydrogen (secondary N) is 1. The Morgan fingerprint density at radius 1 is 1.47 bits per heavy atom. The zero-order chi connectivity index (χ0) is 11.4. The maximum absolute atomic E-state index is 11.2. The Balaban J connectivity index is 2.85. The van der Waals surface area contributed by atoms with Crippen LogP contribution in [0.1, 0.15) is 5.56 Å². The van der Waals surface area contributed by atoms with Gasteiger partial charge in [-0.25, -0.2) is 4.79 Å². The minimum atomic E-state index is -0.625. The van der Waals surface area contributed by atoms with E-state index in [-0.39, 0.29) is 5.96 Å². The molecule has 0 aliphatic carbocycles. The van der Waals surface area contributed by atoms with Crippen molar-refractivity contribution in [2.45, 2.75) is 6.92 Å². The lowest BCUT2D eigenvalue weighted by atomic mass is 10.2. The summed E-state index contributed by atoms with van der Waals surface area (Å²) in [5.41, 5.74) is 11.6. The molecule has 0 fully saturated rings. The third-order valence-electron chi connectivity index (χ3n) is 1.67. The number of carbonyl (C=O) groups excluding carboxylic acids is 1. The molecule has 6 heteroatoms. The van der Waals surface area contributed by atoms with E-state index in [1.807, 2.05) is 6.92 Å². The number of benzene rings is 1. The maximum Gasteiger partial charge on any atom is 0.348 e. The molecule has 0 unspecified atom stereocenters. The number of guanidine groups is 1. The van der Waals surface area contributed by atoms with E-state index >= 15 is 0 Å². The van der Waals surface area contributed by atoms with Crippen LogP contribution in [0.3, 0.4) is 0 Å². The molecule has 0 radical (unpaired) electrons. The quantitative estimate of drug-likeness (QED) is 0.500. The van der Waals surface area contributed by atoms with Crippen molar-refractivity contribution in [1.29, 1.82) is 0 Å². The number of urea groups is 1. The number of amides is 2. The summed E-state index contributed by atoms with van der Waals surface area (Å²) >= 11 is 5.77. The van der Waals surface area contributed by atoms with Gasteiger partial charge in [0.25, 0.3) is 0 Å². The van der Waals surface area contributed by atoms with Crippen molar-refractivity contribution in [2.75, 3.05) is 5.32 Å². The second-order valence-electron chi connectivity index (χ2n) is 2.93. The summed E-state index contributed by atoms with van der Waals surface area (Å²) in [6.07, 6.45) is 0. The molecule has 0 aliphatic rings. The van der Waals surface area contributed by atoms with Gasteiger partial charge in [-0.3, -0.25) is 0 Å². The van der Waals surface area contributed by atoms with E-state index in [2.05, 4.69) is 10.3 Å². The molecule has 1 aromatic carbocycles. The number of halogens is 1. The highest BCUT2D eigenvalue weighted by atomic mass is 35.5. The van der Waals surface area contributed by atoms with Gasteiger partial charge >= 0.3 is 6.03 Å². The van der Waals surface area contributed by atoms with Gasteiger partial charge in [-0.1, -0.05) is 17.7 Å². The summed E-state index contributed by atoms with van der Waals surface area (Å²) in [5.74, 6) is -0.285. The zero-order valence-electron chi connectivity index (χ0n) is 8.12. The van der Waals surface area contributed by atoms with Gasteiger partial charge in [0.05, 0.1) is 0 Å². The predicted octanol–water partition coefficient (Wildman–Crippen LogP) is 1.45. The Labute approximate surface area is 92.1 Å². The second kappa shape index (κ2) is 4.65. The Morgan fingerprint density at radius 2 is 2.13 bits per heavy atom. The number of hydrogen-bond acceptors (Lipinski definition) is 1. The molecule has 0 aliphatic heterocycles. The van der Waals surface area contributed by atoms with Crippen LogP contribution in [0.4, 0.5) is 10.5 Å². The first-order valence-electron chi connectivity index (χ1n) is 4.16. The SMILES string of the molecule is Cc1ccc(Cl)cc1NC(=O)N=C(N)N. The minimum absolute atomic E-state index is 0.285. The molecule has 0 heterocycles. The predicted molar refractivity (Wildman–Crippen MR) is 61.0 cm³/mol. The lowest BCUT2D eigenvalue weighted by Crippen LogP contribution is -2.25. The summed E-state index contributed by atoms with van der Waals surface area (Å²) in [6, 6.07) is 4.51. The molecule has 2 amide bonds. The molecule has 0 saturated carbocycles. The molecule has 0 saturated heterocycles. The van der Waals surface area contributed by atoms with Gasteiger partial charge < -0.3 is 16.8 Å². The number of hydrogen-bond donors (Lipinski definition) is 3. The van der Waals surface area contributed by atoms with Gasteiger partial charge in [0, 0.05) is 10.7 Å². The summed E-state index contributed by atoms with van der Waals surface area (Å²) in [4.78, 5) is 14.5. The van der Waals surface area contributed by atoms with Crippen molar-refractivity contribution in [3.05, 3.63) is 28.8 Å². The minimum Gasteiger partial charge on any atom is -0.370 e. The average molecular weight is 227 g/mol. The van der Waals surface area contributed by atoms with Crippen LogP contribution in [-0.4, -0.2) is 12.0 Å². The van der Waals surface area contributed by atoms with Crippen LogP contribution in [0, 0.1) is 6.92 Å². The number of aliphatic imine (C=N–C) groups is 1. The number of aryl methyl sites for hydroxylation is 1. The molecule has 5 N–H and O–H groups in total. The Bertz CT molecular complexity index is 413. The first kappa shape index (κ1) is 11.3. The summed E-state index contributed by atoms with van der Waals surface area (Å²) in [7, 11) is 0. The normalized spacial score (nSPS) is 9.47. The van der Waals surface area contributed by atoms with E-state index in [1.54, 1.807) is 18.2 Å². The Kier molecular flexibility index (Phi) is 3.51. The van der Waals surface area contributed by atoms with Crippen LogP contribution >= 0.6 is 11.6 Å². The van der Waals surface area contributed by atoms with Gasteiger partial charge in [-0.15, -0.1) is 0 Å². The Morgan fingerprint density at radius 3 is 2.73 bits per heavy atom. The van der Waals surface area contributed by atoms with E-state index in [9.17, 15) is 4.79 Å². The molecule has 0 aromatic heterocycles. The third-order valence-corrected chi connectivity index (χ3v) is 1.91. The van der Waals surface area contributed by atoms with Crippen molar-refractivity contribution in [3.8, 4) is 0 Å². The van der Waals surface area contributed by atoms with Gasteiger partial charge in [0.2, 0.25) is 0 Å². The number of anilines is 1. The molecule has 0 atom stereocenters. The average Bonchev–Trinajstić information content (AvgIpc) is 2.10. The van der Waals surface area contributed by atoms with Crippen molar-refractivity contribution < 1.29 is 4.79 Å². The highest BCUT2D eigenvalue weighted by Crippen LogP contribution is 2.20. The molecule has 1 aromatic rings. The van der Waals surface area contributed by atoms with E-state index in [0.29, 0.717) is 10.7 Å². The first-order valence-corrected chi connectivity index (χ1v) is 4.53. The smallest absolute Gasteiger partial charge is 0.348 e. The van der Waals surface area contributed by atoms with Gasteiger partial charge in [0.1, 0.15) is 0 Å². The van der Waals surface area contributed by atoms with Crippen molar-refractivity contribution in [1.82, 2.24) is 0 Å². The van der Waals surface area contributed by atoms with Crippen LogP contribution in [-0.2, 0) is 0 Å². The lowest BCUT2D eigenvalue weighted by molar-refractivity contribution is 0.259. The van der Waals surface area contributed by atoms with E-state index < -0.39 is 6.03 Å². The molecule has 0 bridgehead atoms. The van der Waals surface area contributed by atoms with Gasteiger partial charge in [-0.05, 0) is 24.6 Å². The fraction of sp³-hybridized carbons (Fsp3) is 0.111. The highest BCUT2D eigenvalue weighted by molar-refractivity contribution is 6.31. The van der Waals surface area contributed by atoms with E-state index in [4.69, 9.17) is 23.1 Å². The molecule has 80 valence electrons. The third kappa shape index (κ3) is 3.47. The maximum atomic E-state index is 11.2. The first-order chi connectivity index (χ1) is 6.99. The summed E-state index contributed by atoms with van der Waals surface area (Å²) in [6.45, 7) is 1.83. The van der Waals surface area contributed by atoms with Crippen LogP contribution in [0.5, 0.6) is 0 Å². The van der Waals surface area contributed by atoms with Crippen molar-refractivity contribution >= 4 is 29.3 Å². The second-order valence-corrected chi connectivity index (χ2v) is 3.36. The van der Waals surface area contributed by atoms with Crippen molar-refractivity contribution in [2.24, 2.45) is 16.5 Å². The van der Waals surface area contributed by atoms with Crippen LogP contribution in [0.2, 0.25) is 5.02 Å². The zero-order valence-corrected chi connectivity index (χ0v) is 8.88. The van der Waals surface area contributed by atoms with E-state index in [0.717, 1.165) is 5.56 Å². The largest absolute Gasteiger partial charge is 0.370 e. The van der Waals surface area contributed by atoms with Gasteiger partial charge in [0.15, 0.2) is 5.96 Å². The molecule has 15 heavy (non-hydrogen) atoms. The monoisotopic (exact) mass is 226 g/mol. The summed E-state index contributed by atoms with van der Waals surface area (Å²) in [5, 5.41) is 3.04. The fourth-order valence-corrected chi connectivity index (χ4v) is 1.16. The molecular weight excluding hydrogens is 216 g/mol. The molecule has 0 spiro atoms. The number of carbonyl (C=O) groups is 1. The molecular formula is C9H11ClN4O. The number of rotatable bonds is 1. The van der Waals surface area contributed by atoms with Crippen LogP contribution in [0.15, 0.2) is 23.2 Å². The summed E-state index contributed by atoms with van der Waals surface area (Å²) < 4.78 is 0. The molecule has 5 nitrogen and oxygen atoms in total. The molecule has 1 rings (SSSR count). The Hall–Kier alpha value is -1.75. The topological polar surface area (TPSA) is 93.5 Å². The lowest BCUT2D eigenvalue weighted by Gasteiger charge is -2.05. The standard InChI is InChI=1S/C9H11ClN4O/c1-5-2-3-6(10)4-7(5)13-9(15)14-8(11)12/h2-4H,1H3,(H5,11,12,13,14,15). The van der Waals surface area contributed by atoms with Crippen LogP contribution < -0.4 is 16.8 Å². The number of nitrogens with zero attached hydrogens (tertiary/aromatic N) is 1. The van der Waals surface area contributed by atoms with Crippen LogP contribution in [0.25, 0.3) is 0 Å². The van der Waals surface area contributed by atoms with Crippen molar-refractivity contribution in [3.63, 3.8) is 0 Å². The number of nitrogens with two attached hydrogens (primary N) is 2. The fourth-order valence-electron chi connectivity index (χ4n) is 0.989. The highest BCUT2D eigenvalue weighted by Gasteiger charge is 2.03. The van der Waals surface area contributed by atoms with E-state index in [1.165, 1.54) is 0 Å². The van der Waals surface area contributed by atoms with Gasteiger partial charge in [-0.2, -0.15) is 4.99 Å².